The summed E-state index contributed by atoms with van der Waals surface area (Å²) < 4.78 is 16.5. The lowest BCUT2D eigenvalue weighted by Crippen LogP contribution is -2.30. The average Bonchev–Trinajstić information content (AvgIpc) is 2.73. The summed E-state index contributed by atoms with van der Waals surface area (Å²) in [6.45, 7) is 7.70. The number of anilines is 1. The Balaban J connectivity index is 2.05. The zero-order chi connectivity index (χ0) is 22.1. The van der Waals surface area contributed by atoms with Gasteiger partial charge < -0.3 is 19.5 Å². The Morgan fingerprint density at radius 2 is 1.73 bits per heavy atom. The SMILES string of the molecule is CCCOc1ccc(C(=O)O[C@H](C)C(=O)Nc2cccc(C(C)=O)c2)cc1OCC. The third-order valence-corrected chi connectivity index (χ3v) is 4.13. The molecule has 1 N–H and O–H groups in total. The zero-order valence-electron chi connectivity index (χ0n) is 17.7. The van der Waals surface area contributed by atoms with Gasteiger partial charge in [0.15, 0.2) is 23.4 Å². The quantitative estimate of drug-likeness (QED) is 0.462. The van der Waals surface area contributed by atoms with E-state index >= 15 is 0 Å². The third kappa shape index (κ3) is 6.34. The minimum absolute atomic E-state index is 0.109. The molecule has 0 saturated carbocycles. The molecule has 0 aliphatic heterocycles. The van der Waals surface area contributed by atoms with Gasteiger partial charge in [-0.3, -0.25) is 9.59 Å². The maximum absolute atomic E-state index is 12.5. The van der Waals surface area contributed by atoms with Crippen molar-refractivity contribution in [3.63, 3.8) is 0 Å². The molecular weight excluding hydrogens is 386 g/mol. The Bertz CT molecular complexity index is 908. The van der Waals surface area contributed by atoms with Crippen LogP contribution in [0.5, 0.6) is 11.5 Å². The molecule has 1 amide bonds. The summed E-state index contributed by atoms with van der Waals surface area (Å²) in [6, 6.07) is 11.3. The van der Waals surface area contributed by atoms with Crippen LogP contribution in [0.1, 0.15) is 54.8 Å². The number of ether oxygens (including phenoxy) is 3. The zero-order valence-corrected chi connectivity index (χ0v) is 17.7. The first-order chi connectivity index (χ1) is 14.3. The number of carbonyl (C=O) groups excluding carboxylic acids is 3. The predicted molar refractivity (Wildman–Crippen MR) is 113 cm³/mol. The number of carbonyl (C=O) groups is 3. The van der Waals surface area contributed by atoms with Crippen LogP contribution >= 0.6 is 0 Å². The molecule has 0 unspecified atom stereocenters. The summed E-state index contributed by atoms with van der Waals surface area (Å²) in [6.07, 6.45) is -0.192. The highest BCUT2D eigenvalue weighted by atomic mass is 16.5. The van der Waals surface area contributed by atoms with Crippen LogP contribution in [-0.2, 0) is 9.53 Å². The number of rotatable bonds is 10. The summed E-state index contributed by atoms with van der Waals surface area (Å²) in [7, 11) is 0. The number of ketones is 1. The largest absolute Gasteiger partial charge is 0.490 e. The first-order valence-corrected chi connectivity index (χ1v) is 9.88. The fourth-order valence-electron chi connectivity index (χ4n) is 2.58. The summed E-state index contributed by atoms with van der Waals surface area (Å²) >= 11 is 0. The first kappa shape index (κ1) is 22.9. The molecule has 1 atom stereocenters. The second kappa shape index (κ2) is 11.0. The maximum Gasteiger partial charge on any atom is 0.339 e. The number of Topliss-reactive ketones (excluding diaryl/α,β-unsaturated/α-hetero) is 1. The Kier molecular flexibility index (Phi) is 8.41. The molecule has 7 nitrogen and oxygen atoms in total. The molecule has 160 valence electrons. The Morgan fingerprint density at radius 1 is 0.967 bits per heavy atom. The number of hydrogen-bond donors (Lipinski definition) is 1. The van der Waals surface area contributed by atoms with Crippen molar-refractivity contribution in [3.8, 4) is 11.5 Å². The lowest BCUT2D eigenvalue weighted by Gasteiger charge is -2.15. The van der Waals surface area contributed by atoms with Crippen LogP contribution in [0, 0.1) is 0 Å². The van der Waals surface area contributed by atoms with Gasteiger partial charge in [-0.15, -0.1) is 0 Å². The molecule has 0 saturated heterocycles. The van der Waals surface area contributed by atoms with Crippen molar-refractivity contribution in [1.82, 2.24) is 0 Å². The van der Waals surface area contributed by atoms with Crippen LogP contribution in [-0.4, -0.2) is 37.0 Å². The van der Waals surface area contributed by atoms with Gasteiger partial charge in [0.1, 0.15) is 0 Å². The van der Waals surface area contributed by atoms with E-state index in [0.29, 0.717) is 36.0 Å². The van der Waals surface area contributed by atoms with Crippen LogP contribution in [0.25, 0.3) is 0 Å². The molecule has 7 heteroatoms. The van der Waals surface area contributed by atoms with Gasteiger partial charge >= 0.3 is 5.97 Å². The molecule has 0 radical (unpaired) electrons. The van der Waals surface area contributed by atoms with Crippen molar-refractivity contribution in [2.75, 3.05) is 18.5 Å². The number of hydrogen-bond acceptors (Lipinski definition) is 6. The molecule has 0 fully saturated rings. The molecule has 0 aromatic heterocycles. The van der Waals surface area contributed by atoms with E-state index in [1.807, 2.05) is 13.8 Å². The minimum atomic E-state index is -1.04. The molecule has 0 aliphatic carbocycles. The van der Waals surface area contributed by atoms with Crippen LogP contribution in [0.4, 0.5) is 5.69 Å². The van der Waals surface area contributed by atoms with Gasteiger partial charge in [-0.2, -0.15) is 0 Å². The highest BCUT2D eigenvalue weighted by molar-refractivity contribution is 5.99. The molecule has 0 heterocycles. The van der Waals surface area contributed by atoms with E-state index in [4.69, 9.17) is 14.2 Å². The van der Waals surface area contributed by atoms with E-state index in [0.717, 1.165) is 6.42 Å². The van der Waals surface area contributed by atoms with Crippen molar-refractivity contribution >= 4 is 23.3 Å². The third-order valence-electron chi connectivity index (χ3n) is 4.13. The van der Waals surface area contributed by atoms with Crippen LogP contribution in [0.2, 0.25) is 0 Å². The smallest absolute Gasteiger partial charge is 0.339 e. The van der Waals surface area contributed by atoms with Crippen LogP contribution in [0.3, 0.4) is 0 Å². The van der Waals surface area contributed by atoms with Gasteiger partial charge in [0.25, 0.3) is 5.91 Å². The van der Waals surface area contributed by atoms with Crippen LogP contribution in [0.15, 0.2) is 42.5 Å². The van der Waals surface area contributed by atoms with Gasteiger partial charge in [-0.25, -0.2) is 4.79 Å². The molecular formula is C23H27NO6. The summed E-state index contributed by atoms with van der Waals surface area (Å²) in [5.74, 6) is -0.276. The number of amides is 1. The highest BCUT2D eigenvalue weighted by Crippen LogP contribution is 2.29. The van der Waals surface area contributed by atoms with Gasteiger partial charge in [0.05, 0.1) is 18.8 Å². The number of benzene rings is 2. The number of esters is 1. The summed E-state index contributed by atoms with van der Waals surface area (Å²) in [5, 5.41) is 2.64. The maximum atomic E-state index is 12.5. The molecule has 2 aromatic carbocycles. The topological polar surface area (TPSA) is 90.9 Å². The second-order valence-corrected chi connectivity index (χ2v) is 6.62. The lowest BCUT2D eigenvalue weighted by molar-refractivity contribution is -0.123. The number of nitrogens with one attached hydrogen (secondary N) is 1. The molecule has 2 rings (SSSR count). The summed E-state index contributed by atoms with van der Waals surface area (Å²) in [5.41, 5.74) is 1.18. The van der Waals surface area contributed by atoms with Crippen molar-refractivity contribution in [2.24, 2.45) is 0 Å². The molecule has 2 aromatic rings. The fourth-order valence-corrected chi connectivity index (χ4v) is 2.58. The molecule has 0 aliphatic rings. The van der Waals surface area contributed by atoms with Crippen molar-refractivity contribution in [2.45, 2.75) is 40.2 Å². The monoisotopic (exact) mass is 413 g/mol. The second-order valence-electron chi connectivity index (χ2n) is 6.62. The van der Waals surface area contributed by atoms with Crippen molar-refractivity contribution < 1.29 is 28.6 Å². The highest BCUT2D eigenvalue weighted by Gasteiger charge is 2.20. The van der Waals surface area contributed by atoms with E-state index in [-0.39, 0.29) is 11.3 Å². The Morgan fingerprint density at radius 3 is 2.40 bits per heavy atom. The first-order valence-electron chi connectivity index (χ1n) is 9.88. The van der Waals surface area contributed by atoms with Gasteiger partial charge in [0.2, 0.25) is 0 Å². The molecule has 0 spiro atoms. The van der Waals surface area contributed by atoms with Gasteiger partial charge in [0, 0.05) is 11.3 Å². The average molecular weight is 413 g/mol. The van der Waals surface area contributed by atoms with Gasteiger partial charge in [-0.05, 0) is 57.5 Å². The standard InChI is InChI=1S/C23H27NO6/c1-5-12-29-20-11-10-18(14-21(20)28-6-2)23(27)30-16(4)22(26)24-19-9-7-8-17(13-19)15(3)25/h7-11,13-14,16H,5-6,12H2,1-4H3,(H,24,26)/t16-/m1/s1. The fraction of sp³-hybridized carbons (Fsp3) is 0.348. The lowest BCUT2D eigenvalue weighted by atomic mass is 10.1. The van der Waals surface area contributed by atoms with Crippen molar-refractivity contribution in [1.29, 1.82) is 0 Å². The van der Waals surface area contributed by atoms with E-state index < -0.39 is 18.0 Å². The Labute approximate surface area is 176 Å². The van der Waals surface area contributed by atoms with Crippen molar-refractivity contribution in [3.05, 3.63) is 53.6 Å². The molecule has 30 heavy (non-hydrogen) atoms. The Hall–Kier alpha value is -3.35. The van der Waals surface area contributed by atoms with Crippen LogP contribution < -0.4 is 14.8 Å². The van der Waals surface area contributed by atoms with E-state index in [9.17, 15) is 14.4 Å². The molecule has 0 bridgehead atoms. The van der Waals surface area contributed by atoms with Gasteiger partial charge in [-0.1, -0.05) is 19.1 Å². The normalized spacial score (nSPS) is 11.3. The van der Waals surface area contributed by atoms with E-state index in [1.165, 1.54) is 19.9 Å². The summed E-state index contributed by atoms with van der Waals surface area (Å²) in [4.78, 5) is 36.4. The minimum Gasteiger partial charge on any atom is -0.490 e. The van der Waals surface area contributed by atoms with E-state index in [1.54, 1.807) is 36.4 Å². The van der Waals surface area contributed by atoms with E-state index in [2.05, 4.69) is 5.32 Å². The predicted octanol–water partition coefficient (Wildman–Crippen LogP) is 4.26.